The number of aromatic amines is 1. The molecule has 2 aromatic carbocycles. The Morgan fingerprint density at radius 1 is 1.03 bits per heavy atom. The van der Waals surface area contributed by atoms with E-state index in [2.05, 4.69) is 81.1 Å². The van der Waals surface area contributed by atoms with Gasteiger partial charge in [0.1, 0.15) is 5.75 Å². The molecule has 5 nitrogen and oxygen atoms in total. The van der Waals surface area contributed by atoms with Gasteiger partial charge in [-0.25, -0.2) is 4.98 Å². The molecule has 148 valence electrons. The predicted octanol–water partition coefficient (Wildman–Crippen LogP) is 5.05. The fraction of sp³-hybridized carbons (Fsp3) is 0.292. The number of para-hydroxylation sites is 1. The van der Waals surface area contributed by atoms with Gasteiger partial charge in [-0.3, -0.25) is 0 Å². The van der Waals surface area contributed by atoms with Gasteiger partial charge in [0.25, 0.3) is 0 Å². The van der Waals surface area contributed by atoms with Gasteiger partial charge in [-0.1, -0.05) is 18.2 Å². The summed E-state index contributed by atoms with van der Waals surface area (Å²) in [7, 11) is 1.76. The van der Waals surface area contributed by atoms with Gasteiger partial charge in [0, 0.05) is 41.6 Å². The SMILES string of the molecule is COc1cn(-c2ccc3nc[nH]c3c2)c(C2CCN(c3ccccc3)CC2)c1C. The van der Waals surface area contributed by atoms with Crippen LogP contribution in [0.2, 0.25) is 0 Å². The summed E-state index contributed by atoms with van der Waals surface area (Å²) in [5.41, 5.74) is 7.12. The van der Waals surface area contributed by atoms with Crippen molar-refractivity contribution in [3.05, 3.63) is 72.3 Å². The molecule has 5 heteroatoms. The normalized spacial score (nSPS) is 15.2. The highest BCUT2D eigenvalue weighted by molar-refractivity contribution is 5.77. The van der Waals surface area contributed by atoms with Crippen molar-refractivity contribution in [2.24, 2.45) is 0 Å². The Bertz CT molecular complexity index is 1120. The van der Waals surface area contributed by atoms with Crippen LogP contribution in [0.15, 0.2) is 61.1 Å². The molecule has 0 unspecified atom stereocenters. The van der Waals surface area contributed by atoms with Gasteiger partial charge in [-0.2, -0.15) is 0 Å². The Kier molecular flexibility index (Phi) is 4.51. The first-order valence-electron chi connectivity index (χ1n) is 10.2. The molecular formula is C24H26N4O. The van der Waals surface area contributed by atoms with Crippen molar-refractivity contribution in [2.75, 3.05) is 25.1 Å². The average Bonchev–Trinajstić information content (AvgIpc) is 3.38. The maximum Gasteiger partial charge on any atom is 0.140 e. The lowest BCUT2D eigenvalue weighted by molar-refractivity contribution is 0.411. The van der Waals surface area contributed by atoms with Gasteiger partial charge in [0.15, 0.2) is 0 Å². The monoisotopic (exact) mass is 386 g/mol. The number of nitrogens with one attached hydrogen (secondary N) is 1. The van der Waals surface area contributed by atoms with Gasteiger partial charge in [0.05, 0.1) is 30.7 Å². The van der Waals surface area contributed by atoms with Gasteiger partial charge >= 0.3 is 0 Å². The number of nitrogens with zero attached hydrogens (tertiary/aromatic N) is 3. The first-order valence-corrected chi connectivity index (χ1v) is 10.2. The fourth-order valence-electron chi connectivity index (χ4n) is 4.64. The molecule has 1 N–H and O–H groups in total. The molecule has 29 heavy (non-hydrogen) atoms. The fourth-order valence-corrected chi connectivity index (χ4v) is 4.64. The molecule has 0 bridgehead atoms. The number of ether oxygens (including phenoxy) is 1. The highest BCUT2D eigenvalue weighted by Gasteiger charge is 2.27. The standard InChI is InChI=1S/C24H26N4O/c1-17-23(29-2)15-28(20-8-9-21-22(14-20)26-16-25-21)24(17)18-10-12-27(13-11-18)19-6-4-3-5-7-19/h3-9,14-16,18H,10-13H2,1-2H3,(H,25,26). The molecule has 1 saturated heterocycles. The zero-order chi connectivity index (χ0) is 19.8. The highest BCUT2D eigenvalue weighted by atomic mass is 16.5. The van der Waals surface area contributed by atoms with Crippen LogP contribution in [-0.2, 0) is 0 Å². The van der Waals surface area contributed by atoms with Gasteiger partial charge in [-0.05, 0) is 50.1 Å². The topological polar surface area (TPSA) is 46.1 Å². The third kappa shape index (κ3) is 3.16. The summed E-state index contributed by atoms with van der Waals surface area (Å²) in [6, 6.07) is 17.1. The van der Waals surface area contributed by atoms with Crippen LogP contribution < -0.4 is 9.64 Å². The van der Waals surface area contributed by atoms with E-state index in [0.29, 0.717) is 5.92 Å². The Balaban J connectivity index is 1.47. The van der Waals surface area contributed by atoms with E-state index >= 15 is 0 Å². The minimum Gasteiger partial charge on any atom is -0.495 e. The van der Waals surface area contributed by atoms with E-state index in [9.17, 15) is 0 Å². The summed E-state index contributed by atoms with van der Waals surface area (Å²) >= 11 is 0. The van der Waals surface area contributed by atoms with Crippen molar-refractivity contribution in [3.63, 3.8) is 0 Å². The van der Waals surface area contributed by atoms with E-state index in [1.807, 2.05) is 0 Å². The van der Waals surface area contributed by atoms with Crippen LogP contribution in [0.25, 0.3) is 16.7 Å². The minimum atomic E-state index is 0.510. The van der Waals surface area contributed by atoms with Crippen LogP contribution in [0.3, 0.4) is 0 Å². The molecule has 0 saturated carbocycles. The number of anilines is 1. The number of aromatic nitrogens is 3. The van der Waals surface area contributed by atoms with Crippen LogP contribution in [-0.4, -0.2) is 34.7 Å². The molecular weight excluding hydrogens is 360 g/mol. The van der Waals surface area contributed by atoms with Crippen LogP contribution in [0.4, 0.5) is 5.69 Å². The number of imidazole rings is 1. The van der Waals surface area contributed by atoms with Crippen molar-refractivity contribution < 1.29 is 4.74 Å². The number of hydrogen-bond acceptors (Lipinski definition) is 3. The third-order valence-electron chi connectivity index (χ3n) is 6.16. The van der Waals surface area contributed by atoms with Crippen molar-refractivity contribution >= 4 is 16.7 Å². The van der Waals surface area contributed by atoms with Crippen molar-refractivity contribution in [2.45, 2.75) is 25.7 Å². The summed E-state index contributed by atoms with van der Waals surface area (Å²) in [6.45, 7) is 4.32. The number of H-pyrrole nitrogens is 1. The second-order valence-electron chi connectivity index (χ2n) is 7.78. The summed E-state index contributed by atoms with van der Waals surface area (Å²) in [6.07, 6.45) is 6.15. The molecule has 1 aliphatic rings. The number of methoxy groups -OCH3 is 1. The Hall–Kier alpha value is -3.21. The molecule has 0 radical (unpaired) electrons. The molecule has 4 aromatic rings. The Labute approximate surface area is 170 Å². The summed E-state index contributed by atoms with van der Waals surface area (Å²) < 4.78 is 8.01. The molecule has 3 heterocycles. The van der Waals surface area contributed by atoms with E-state index in [1.54, 1.807) is 13.4 Å². The Morgan fingerprint density at radius 3 is 2.59 bits per heavy atom. The first kappa shape index (κ1) is 17.9. The summed E-state index contributed by atoms with van der Waals surface area (Å²) in [4.78, 5) is 10.1. The molecule has 1 aliphatic heterocycles. The largest absolute Gasteiger partial charge is 0.495 e. The number of piperidine rings is 1. The second-order valence-corrected chi connectivity index (χ2v) is 7.78. The molecule has 0 spiro atoms. The lowest BCUT2D eigenvalue weighted by atomic mass is 9.91. The predicted molar refractivity (Wildman–Crippen MR) is 117 cm³/mol. The van der Waals surface area contributed by atoms with Crippen molar-refractivity contribution in [1.82, 2.24) is 14.5 Å². The third-order valence-corrected chi connectivity index (χ3v) is 6.16. The van der Waals surface area contributed by atoms with Crippen LogP contribution >= 0.6 is 0 Å². The number of hydrogen-bond donors (Lipinski definition) is 1. The van der Waals surface area contributed by atoms with Crippen LogP contribution in [0.1, 0.15) is 30.0 Å². The van der Waals surface area contributed by atoms with Crippen molar-refractivity contribution in [1.29, 1.82) is 0 Å². The lowest BCUT2D eigenvalue weighted by Gasteiger charge is -2.34. The van der Waals surface area contributed by atoms with E-state index in [0.717, 1.165) is 48.4 Å². The quantitative estimate of drug-likeness (QED) is 0.534. The summed E-state index contributed by atoms with van der Waals surface area (Å²) in [5.74, 6) is 1.46. The molecule has 1 fully saturated rings. The molecule has 5 rings (SSSR count). The minimum absolute atomic E-state index is 0.510. The van der Waals surface area contributed by atoms with Gasteiger partial charge in [-0.15, -0.1) is 0 Å². The maximum absolute atomic E-state index is 5.69. The number of fused-ring (bicyclic) bond motifs is 1. The van der Waals surface area contributed by atoms with Gasteiger partial charge in [0.2, 0.25) is 0 Å². The Morgan fingerprint density at radius 2 is 1.83 bits per heavy atom. The van der Waals surface area contributed by atoms with Crippen LogP contribution in [0.5, 0.6) is 5.75 Å². The lowest BCUT2D eigenvalue weighted by Crippen LogP contribution is -2.33. The number of benzene rings is 2. The van der Waals surface area contributed by atoms with Crippen LogP contribution in [0, 0.1) is 6.92 Å². The van der Waals surface area contributed by atoms with Crippen molar-refractivity contribution in [3.8, 4) is 11.4 Å². The summed E-state index contributed by atoms with van der Waals surface area (Å²) in [5, 5.41) is 0. The second kappa shape index (κ2) is 7.32. The number of rotatable bonds is 4. The highest BCUT2D eigenvalue weighted by Crippen LogP contribution is 2.38. The smallest absolute Gasteiger partial charge is 0.140 e. The van der Waals surface area contributed by atoms with Gasteiger partial charge < -0.3 is 19.2 Å². The maximum atomic E-state index is 5.69. The first-order chi connectivity index (χ1) is 14.2. The van der Waals surface area contributed by atoms with E-state index in [-0.39, 0.29) is 0 Å². The van der Waals surface area contributed by atoms with E-state index in [1.165, 1.54) is 16.9 Å². The zero-order valence-electron chi connectivity index (χ0n) is 16.9. The molecule has 0 amide bonds. The van der Waals surface area contributed by atoms with E-state index in [4.69, 9.17) is 4.74 Å². The zero-order valence-corrected chi connectivity index (χ0v) is 16.9. The molecule has 0 atom stereocenters. The molecule has 2 aromatic heterocycles. The van der Waals surface area contributed by atoms with E-state index < -0.39 is 0 Å². The molecule has 0 aliphatic carbocycles. The average molecular weight is 386 g/mol.